The van der Waals surface area contributed by atoms with Crippen molar-refractivity contribution in [3.05, 3.63) is 54.6 Å². The van der Waals surface area contributed by atoms with Crippen molar-refractivity contribution in [2.24, 2.45) is 40.3 Å². The Morgan fingerprint density at radius 1 is 0.705 bits per heavy atom. The number of rotatable bonds is 12. The highest BCUT2D eigenvalue weighted by atomic mass is 16.4. The van der Waals surface area contributed by atoms with E-state index in [0.29, 0.717) is 5.69 Å². The Kier molecular flexibility index (Phi) is 25.5. The van der Waals surface area contributed by atoms with E-state index in [1.165, 1.54) is 6.33 Å². The van der Waals surface area contributed by atoms with Gasteiger partial charge in [-0.3, -0.25) is 28.8 Å². The molecule has 0 saturated carbocycles. The maximum Gasteiger partial charge on any atom is 0.321 e. The van der Waals surface area contributed by atoms with Gasteiger partial charge in [0.05, 0.1) is 18.4 Å². The number of nitrogens with zero attached hydrogens (tertiary/aromatic N) is 1. The highest BCUT2D eigenvalue weighted by Crippen LogP contribution is 1.97. The predicted octanol–water partition coefficient (Wildman–Crippen LogP) is -1.96. The zero-order valence-corrected chi connectivity index (χ0v) is 24.5. The van der Waals surface area contributed by atoms with Crippen LogP contribution in [0.5, 0.6) is 0 Å². The third-order valence-corrected chi connectivity index (χ3v) is 4.73. The fourth-order valence-electron chi connectivity index (χ4n) is 2.11. The minimum atomic E-state index is -1.21. The molecule has 2 amide bonds. The molecule has 0 saturated heterocycles. The average molecular weight is 629 g/mol. The predicted molar refractivity (Wildman–Crippen MR) is 158 cm³/mol. The van der Waals surface area contributed by atoms with Crippen molar-refractivity contribution in [3.63, 3.8) is 0 Å². The van der Waals surface area contributed by atoms with Gasteiger partial charge in [-0.15, -0.1) is 0 Å². The van der Waals surface area contributed by atoms with Crippen LogP contribution >= 0.6 is 0 Å². The Morgan fingerprint density at radius 2 is 1.14 bits per heavy atom. The number of H-pyrrole nitrogens is 1. The van der Waals surface area contributed by atoms with E-state index >= 15 is 0 Å². The molecule has 18 nitrogen and oxygen atoms in total. The standard InChI is InChI=1S/C6H9N3O2.C6H6.C5H10N2O3.C5H11NO2.C4H8N2O3/c7-5(6(10)11)1-4-2-8-3-9-4;1-2-4-6-5-3-1;6-3(5(9)10)1-2-4(7)8;1-3(2)4(6)5(7)8;5-2(4(8)9)1-3(6)7/h2-3,5H,1,7H2,(H,8,9)(H,10,11);1-6H;3H,1-2,6H2,(H2,7,8)(H,9,10);3-4H,6H2,1-2H3,(H,7,8);2H,1,5H2,(H2,6,7)(H,8,9). The summed E-state index contributed by atoms with van der Waals surface area (Å²) in [4.78, 5) is 66.9. The lowest BCUT2D eigenvalue weighted by molar-refractivity contribution is -0.140. The van der Waals surface area contributed by atoms with E-state index < -0.39 is 59.9 Å². The number of hydrogen-bond acceptors (Lipinski definition) is 11. The second-order valence-corrected chi connectivity index (χ2v) is 9.04. The minimum absolute atomic E-state index is 0.0208. The first kappa shape index (κ1) is 43.5. The van der Waals surface area contributed by atoms with E-state index in [1.54, 1.807) is 20.0 Å². The first-order valence-electron chi connectivity index (χ1n) is 12.8. The van der Waals surface area contributed by atoms with Gasteiger partial charge in [0.15, 0.2) is 0 Å². The molecule has 1 heterocycles. The molecule has 18 heteroatoms. The average Bonchev–Trinajstić information content (AvgIpc) is 3.46. The number of carboxylic acid groups (broad SMARTS) is 4. The fraction of sp³-hybridized carbons (Fsp3) is 0.423. The molecule has 0 radical (unpaired) electrons. The summed E-state index contributed by atoms with van der Waals surface area (Å²) >= 11 is 0. The molecule has 44 heavy (non-hydrogen) atoms. The molecular formula is C26H44N8O10. The van der Waals surface area contributed by atoms with Gasteiger partial charge in [-0.1, -0.05) is 50.2 Å². The van der Waals surface area contributed by atoms with Crippen molar-refractivity contribution >= 4 is 35.7 Å². The van der Waals surface area contributed by atoms with Crippen molar-refractivity contribution in [2.45, 2.75) is 63.7 Å². The molecule has 248 valence electrons. The first-order valence-corrected chi connectivity index (χ1v) is 12.8. The third-order valence-electron chi connectivity index (χ3n) is 4.73. The maximum absolute atomic E-state index is 10.3. The Bertz CT molecular complexity index is 1070. The van der Waals surface area contributed by atoms with Crippen molar-refractivity contribution in [2.75, 3.05) is 0 Å². The molecule has 0 aliphatic heterocycles. The molecule has 1 aromatic heterocycles. The third kappa shape index (κ3) is 28.6. The zero-order chi connectivity index (χ0) is 34.8. The molecule has 0 aliphatic carbocycles. The molecular weight excluding hydrogens is 584 g/mol. The second kappa shape index (κ2) is 25.8. The van der Waals surface area contributed by atoms with Gasteiger partial charge < -0.3 is 59.8 Å². The molecule has 0 spiro atoms. The van der Waals surface area contributed by atoms with E-state index in [4.69, 9.17) is 49.1 Å². The van der Waals surface area contributed by atoms with Gasteiger partial charge in [-0.05, 0) is 12.3 Å². The highest BCUT2D eigenvalue weighted by molar-refractivity contribution is 5.83. The highest BCUT2D eigenvalue weighted by Gasteiger charge is 2.15. The van der Waals surface area contributed by atoms with Gasteiger partial charge in [0.2, 0.25) is 11.8 Å². The van der Waals surface area contributed by atoms with Crippen LogP contribution in [0.4, 0.5) is 0 Å². The first-order chi connectivity index (χ1) is 20.3. The normalized spacial score (nSPS) is 12.2. The zero-order valence-electron chi connectivity index (χ0n) is 24.5. The van der Waals surface area contributed by atoms with Gasteiger partial charge >= 0.3 is 23.9 Å². The number of imidazole rings is 1. The van der Waals surface area contributed by atoms with Crippen LogP contribution in [0.1, 0.15) is 38.8 Å². The van der Waals surface area contributed by atoms with Crippen LogP contribution < -0.4 is 34.4 Å². The van der Waals surface area contributed by atoms with Gasteiger partial charge in [-0.2, -0.15) is 0 Å². The van der Waals surface area contributed by atoms with Gasteiger partial charge in [0.25, 0.3) is 0 Å². The van der Waals surface area contributed by atoms with E-state index in [-0.39, 0.29) is 31.6 Å². The number of carbonyl (C=O) groups excluding carboxylic acids is 2. The van der Waals surface area contributed by atoms with Crippen LogP contribution in [0, 0.1) is 5.92 Å². The Balaban J connectivity index is -0.000000483. The molecule has 1 aromatic carbocycles. The van der Waals surface area contributed by atoms with Gasteiger partial charge in [-0.25, -0.2) is 4.98 Å². The molecule has 17 N–H and O–H groups in total. The topological polar surface area (TPSA) is 368 Å². The number of aromatic amines is 1. The number of aliphatic carboxylic acids is 4. The van der Waals surface area contributed by atoms with Crippen molar-refractivity contribution in [1.82, 2.24) is 9.97 Å². The van der Waals surface area contributed by atoms with Crippen LogP contribution in [0.15, 0.2) is 48.9 Å². The number of nitrogens with one attached hydrogen (secondary N) is 1. The molecule has 0 fully saturated rings. The number of nitrogens with two attached hydrogens (primary N) is 6. The lowest BCUT2D eigenvalue weighted by Gasteiger charge is -2.07. The van der Waals surface area contributed by atoms with E-state index in [2.05, 4.69) is 15.7 Å². The summed E-state index contributed by atoms with van der Waals surface area (Å²) < 4.78 is 0. The Morgan fingerprint density at radius 3 is 1.36 bits per heavy atom. The number of carboxylic acids is 4. The molecule has 0 aliphatic rings. The number of primary amides is 2. The molecule has 4 atom stereocenters. The van der Waals surface area contributed by atoms with Crippen LogP contribution in [0.3, 0.4) is 0 Å². The quantitative estimate of drug-likeness (QED) is 0.121. The Labute approximate surface area is 253 Å². The van der Waals surface area contributed by atoms with Crippen LogP contribution in [-0.4, -0.2) is 90.3 Å². The monoisotopic (exact) mass is 628 g/mol. The number of aromatic nitrogens is 2. The molecule has 2 rings (SSSR count). The summed E-state index contributed by atoms with van der Waals surface area (Å²) in [5.74, 6) is -5.47. The lowest BCUT2D eigenvalue weighted by atomic mass is 10.1. The van der Waals surface area contributed by atoms with Gasteiger partial charge in [0.1, 0.15) is 24.2 Å². The summed E-state index contributed by atoms with van der Waals surface area (Å²) in [5.41, 5.74) is 30.5. The summed E-state index contributed by atoms with van der Waals surface area (Å²) in [7, 11) is 0. The Hall–Kier alpha value is -4.91. The van der Waals surface area contributed by atoms with E-state index in [0.717, 1.165) is 0 Å². The fourth-order valence-corrected chi connectivity index (χ4v) is 2.11. The number of carbonyl (C=O) groups is 6. The minimum Gasteiger partial charge on any atom is -0.480 e. The largest absolute Gasteiger partial charge is 0.480 e. The molecule has 0 bridgehead atoms. The smallest absolute Gasteiger partial charge is 0.321 e. The maximum atomic E-state index is 10.3. The SMILES string of the molecule is CC(C)C(N)C(=O)O.NC(=O)CC(N)C(=O)O.NC(=O)CCC(N)C(=O)O.NC(Cc1c[nH]cn1)C(=O)O.c1ccccc1. The second-order valence-electron chi connectivity index (χ2n) is 9.04. The lowest BCUT2D eigenvalue weighted by Crippen LogP contribution is -2.34. The summed E-state index contributed by atoms with van der Waals surface area (Å²) in [5, 5.41) is 33.0. The number of benzene rings is 1. The van der Waals surface area contributed by atoms with Crippen LogP contribution in [0.25, 0.3) is 0 Å². The number of amides is 2. The van der Waals surface area contributed by atoms with Crippen molar-refractivity contribution < 1.29 is 49.2 Å². The molecule has 4 unspecified atom stereocenters. The van der Waals surface area contributed by atoms with Crippen LogP contribution in [-0.2, 0) is 35.2 Å². The summed E-state index contributed by atoms with van der Waals surface area (Å²) in [6.07, 6.45) is 3.19. The van der Waals surface area contributed by atoms with Crippen molar-refractivity contribution in [1.29, 1.82) is 0 Å². The van der Waals surface area contributed by atoms with E-state index in [9.17, 15) is 28.8 Å². The number of hydrogen-bond donors (Lipinski definition) is 11. The van der Waals surface area contributed by atoms with E-state index in [1.807, 2.05) is 36.4 Å². The van der Waals surface area contributed by atoms with Gasteiger partial charge in [0, 0.05) is 19.0 Å². The van der Waals surface area contributed by atoms with Crippen LogP contribution in [0.2, 0.25) is 0 Å². The summed E-state index contributed by atoms with van der Waals surface area (Å²) in [6.45, 7) is 3.55. The van der Waals surface area contributed by atoms with Crippen molar-refractivity contribution in [3.8, 4) is 0 Å². The molecule has 2 aromatic rings. The summed E-state index contributed by atoms with van der Waals surface area (Å²) in [6, 6.07) is 8.28.